The molecular formula is C18H22FN3O3. The van der Waals surface area contributed by atoms with Crippen LogP contribution in [0.2, 0.25) is 0 Å². The lowest BCUT2D eigenvalue weighted by Gasteiger charge is -2.22. The summed E-state index contributed by atoms with van der Waals surface area (Å²) >= 11 is 0. The van der Waals surface area contributed by atoms with Gasteiger partial charge < -0.3 is 14.2 Å². The lowest BCUT2D eigenvalue weighted by atomic mass is 10.2. The van der Waals surface area contributed by atoms with Crippen molar-refractivity contribution in [1.82, 2.24) is 14.5 Å². The Morgan fingerprint density at radius 3 is 2.64 bits per heavy atom. The Morgan fingerprint density at radius 2 is 2.00 bits per heavy atom. The van der Waals surface area contributed by atoms with E-state index in [1.165, 1.54) is 24.3 Å². The largest absolute Gasteiger partial charge is 0.466 e. The predicted molar refractivity (Wildman–Crippen MR) is 90.4 cm³/mol. The first-order valence-corrected chi connectivity index (χ1v) is 8.26. The van der Waals surface area contributed by atoms with E-state index in [1.807, 2.05) is 10.8 Å². The van der Waals surface area contributed by atoms with Crippen molar-refractivity contribution >= 4 is 11.9 Å². The molecule has 0 radical (unpaired) electrons. The number of aryl methyl sites for hydroxylation is 1. The molecule has 0 bridgehead atoms. The van der Waals surface area contributed by atoms with Crippen molar-refractivity contribution in [2.24, 2.45) is 0 Å². The molecule has 6 nitrogen and oxygen atoms in total. The highest BCUT2D eigenvalue weighted by molar-refractivity contribution is 5.94. The summed E-state index contributed by atoms with van der Waals surface area (Å²) in [6.07, 6.45) is 6.11. The molecule has 0 saturated carbocycles. The van der Waals surface area contributed by atoms with Crippen LogP contribution in [0.5, 0.6) is 0 Å². The van der Waals surface area contributed by atoms with Gasteiger partial charge in [-0.3, -0.25) is 9.59 Å². The highest BCUT2D eigenvalue weighted by atomic mass is 19.1. The third-order valence-corrected chi connectivity index (χ3v) is 3.67. The minimum absolute atomic E-state index is 0.131. The SMILES string of the molecule is CCOC(=O)CCN(CCCn1ccnc1)C(=O)c1ccc(F)cc1. The second-order valence-electron chi connectivity index (χ2n) is 5.51. The molecule has 0 fully saturated rings. The van der Waals surface area contributed by atoms with Crippen molar-refractivity contribution in [3.8, 4) is 0 Å². The highest BCUT2D eigenvalue weighted by Crippen LogP contribution is 2.09. The van der Waals surface area contributed by atoms with Crippen LogP contribution in [0.4, 0.5) is 4.39 Å². The third-order valence-electron chi connectivity index (χ3n) is 3.67. The second kappa shape index (κ2) is 9.56. The molecule has 0 aliphatic rings. The summed E-state index contributed by atoms with van der Waals surface area (Å²) in [7, 11) is 0. The van der Waals surface area contributed by atoms with Gasteiger partial charge in [-0.1, -0.05) is 0 Å². The van der Waals surface area contributed by atoms with E-state index in [0.717, 1.165) is 0 Å². The lowest BCUT2D eigenvalue weighted by molar-refractivity contribution is -0.143. The van der Waals surface area contributed by atoms with E-state index in [-0.39, 0.29) is 24.8 Å². The molecule has 0 N–H and O–H groups in total. The molecule has 0 spiro atoms. The molecule has 1 heterocycles. The van der Waals surface area contributed by atoms with Gasteiger partial charge in [-0.05, 0) is 37.6 Å². The maximum Gasteiger partial charge on any atom is 0.307 e. The Hall–Kier alpha value is -2.70. The number of esters is 1. The van der Waals surface area contributed by atoms with E-state index in [1.54, 1.807) is 24.3 Å². The summed E-state index contributed by atoms with van der Waals surface area (Å²) in [6, 6.07) is 5.40. The first kappa shape index (κ1) is 18.6. The van der Waals surface area contributed by atoms with Gasteiger partial charge in [-0.25, -0.2) is 9.37 Å². The number of carbonyl (C=O) groups is 2. The van der Waals surface area contributed by atoms with Crippen LogP contribution in [0.3, 0.4) is 0 Å². The fourth-order valence-corrected chi connectivity index (χ4v) is 2.41. The van der Waals surface area contributed by atoms with Gasteiger partial charge in [0.05, 0.1) is 19.4 Å². The zero-order chi connectivity index (χ0) is 18.1. The van der Waals surface area contributed by atoms with E-state index in [2.05, 4.69) is 4.98 Å². The number of hydrogen-bond acceptors (Lipinski definition) is 4. The van der Waals surface area contributed by atoms with Crippen LogP contribution in [0.25, 0.3) is 0 Å². The monoisotopic (exact) mass is 347 g/mol. The van der Waals surface area contributed by atoms with Crippen LogP contribution >= 0.6 is 0 Å². The van der Waals surface area contributed by atoms with Gasteiger partial charge >= 0.3 is 5.97 Å². The smallest absolute Gasteiger partial charge is 0.307 e. The number of aromatic nitrogens is 2. The van der Waals surface area contributed by atoms with Crippen LogP contribution in [-0.2, 0) is 16.1 Å². The number of rotatable bonds is 9. The summed E-state index contributed by atoms with van der Waals surface area (Å²) in [5, 5.41) is 0. The topological polar surface area (TPSA) is 64.4 Å². The molecule has 134 valence electrons. The van der Waals surface area contributed by atoms with Crippen molar-refractivity contribution in [3.63, 3.8) is 0 Å². The van der Waals surface area contributed by atoms with E-state index in [9.17, 15) is 14.0 Å². The molecule has 2 rings (SSSR count). The number of imidazole rings is 1. The first-order chi connectivity index (χ1) is 12.1. The predicted octanol–water partition coefficient (Wildman–Crippen LogP) is 2.51. The minimum Gasteiger partial charge on any atom is -0.466 e. The summed E-state index contributed by atoms with van der Waals surface area (Å²) in [5.74, 6) is -0.960. The van der Waals surface area contributed by atoms with Gasteiger partial charge in [0, 0.05) is 37.6 Å². The standard InChI is InChI=1S/C18H22FN3O3/c1-2-25-17(23)8-12-22(11-3-10-21-13-9-20-14-21)18(24)15-4-6-16(19)7-5-15/h4-7,9,13-14H,2-3,8,10-12H2,1H3. The quantitative estimate of drug-likeness (QED) is 0.654. The van der Waals surface area contributed by atoms with E-state index >= 15 is 0 Å². The first-order valence-electron chi connectivity index (χ1n) is 8.26. The van der Waals surface area contributed by atoms with Gasteiger partial charge in [0.1, 0.15) is 5.82 Å². The molecule has 0 unspecified atom stereocenters. The number of carbonyl (C=O) groups excluding carboxylic acids is 2. The van der Waals surface area contributed by atoms with Gasteiger partial charge in [0.25, 0.3) is 5.91 Å². The Bertz CT molecular complexity index is 671. The van der Waals surface area contributed by atoms with E-state index in [4.69, 9.17) is 4.74 Å². The maximum absolute atomic E-state index is 13.1. The van der Waals surface area contributed by atoms with Crippen LogP contribution < -0.4 is 0 Å². The number of ether oxygens (including phenoxy) is 1. The average Bonchev–Trinajstić information content (AvgIpc) is 3.11. The molecule has 0 aliphatic heterocycles. The van der Waals surface area contributed by atoms with Gasteiger partial charge in [-0.15, -0.1) is 0 Å². The molecule has 1 aromatic heterocycles. The number of halogens is 1. The van der Waals surface area contributed by atoms with Crippen molar-refractivity contribution in [3.05, 3.63) is 54.4 Å². The minimum atomic E-state index is -0.394. The summed E-state index contributed by atoms with van der Waals surface area (Å²) in [5.41, 5.74) is 0.396. The molecular weight excluding hydrogens is 325 g/mol. The van der Waals surface area contributed by atoms with E-state index < -0.39 is 5.82 Å². The van der Waals surface area contributed by atoms with Gasteiger partial charge in [0.15, 0.2) is 0 Å². The van der Waals surface area contributed by atoms with Gasteiger partial charge in [-0.2, -0.15) is 0 Å². The molecule has 0 atom stereocenters. The number of nitrogens with zero attached hydrogens (tertiary/aromatic N) is 3. The van der Waals surface area contributed by atoms with Crippen molar-refractivity contribution in [1.29, 1.82) is 0 Å². The fraction of sp³-hybridized carbons (Fsp3) is 0.389. The van der Waals surface area contributed by atoms with Crippen molar-refractivity contribution in [2.45, 2.75) is 26.3 Å². The lowest BCUT2D eigenvalue weighted by Crippen LogP contribution is -2.34. The molecule has 7 heteroatoms. The second-order valence-corrected chi connectivity index (χ2v) is 5.51. The Balaban J connectivity index is 1.97. The van der Waals surface area contributed by atoms with Crippen LogP contribution in [0, 0.1) is 5.82 Å². The molecule has 2 aromatic rings. The van der Waals surface area contributed by atoms with Crippen LogP contribution in [0.1, 0.15) is 30.1 Å². The highest BCUT2D eigenvalue weighted by Gasteiger charge is 2.17. The zero-order valence-corrected chi connectivity index (χ0v) is 14.2. The maximum atomic E-state index is 13.1. The summed E-state index contributed by atoms with van der Waals surface area (Å²) in [4.78, 5) is 29.8. The van der Waals surface area contributed by atoms with Crippen molar-refractivity contribution in [2.75, 3.05) is 19.7 Å². The normalized spacial score (nSPS) is 10.5. The fourth-order valence-electron chi connectivity index (χ4n) is 2.41. The van der Waals surface area contributed by atoms with Crippen molar-refractivity contribution < 1.29 is 18.7 Å². The Morgan fingerprint density at radius 1 is 1.24 bits per heavy atom. The van der Waals surface area contributed by atoms with Crippen LogP contribution in [-0.4, -0.2) is 46.0 Å². The summed E-state index contributed by atoms with van der Waals surface area (Å²) in [6.45, 7) is 3.51. The number of hydrogen-bond donors (Lipinski definition) is 0. The van der Waals surface area contributed by atoms with Gasteiger partial charge in [0.2, 0.25) is 0 Å². The van der Waals surface area contributed by atoms with E-state index in [0.29, 0.717) is 31.7 Å². The Kier molecular flexibility index (Phi) is 7.13. The Labute approximate surface area is 146 Å². The molecule has 1 aromatic carbocycles. The third kappa shape index (κ3) is 6.02. The number of amides is 1. The molecule has 0 saturated heterocycles. The molecule has 0 aliphatic carbocycles. The zero-order valence-electron chi connectivity index (χ0n) is 14.2. The summed E-state index contributed by atoms with van der Waals surface area (Å²) < 4.78 is 19.9. The molecule has 25 heavy (non-hydrogen) atoms. The number of benzene rings is 1. The average molecular weight is 347 g/mol. The molecule has 1 amide bonds. The van der Waals surface area contributed by atoms with Crippen LogP contribution in [0.15, 0.2) is 43.0 Å².